The number of nitrogens with zero attached hydrogens (tertiary/aromatic N) is 1. The third-order valence-electron chi connectivity index (χ3n) is 4.33. The van der Waals surface area contributed by atoms with Gasteiger partial charge in [-0.05, 0) is 45.4 Å². The molecule has 2 unspecified atom stereocenters. The Balaban J connectivity index is 1.71. The zero-order valence-electron chi connectivity index (χ0n) is 13.9. The SMILES string of the molecule is Cc1sc(C(C)NC(=O)C2CCCNC2)nc1-c1ccc(Cl)cc1. The molecule has 6 heteroatoms. The summed E-state index contributed by atoms with van der Waals surface area (Å²) in [6.07, 6.45) is 2.02. The van der Waals surface area contributed by atoms with Crippen LogP contribution in [0.4, 0.5) is 0 Å². The Morgan fingerprint density at radius 3 is 2.83 bits per heavy atom. The lowest BCUT2D eigenvalue weighted by Crippen LogP contribution is -2.41. The molecule has 2 heterocycles. The van der Waals surface area contributed by atoms with Crippen LogP contribution in [0, 0.1) is 12.8 Å². The maximum absolute atomic E-state index is 12.4. The van der Waals surface area contributed by atoms with Crippen LogP contribution in [0.5, 0.6) is 0 Å². The van der Waals surface area contributed by atoms with Gasteiger partial charge in [-0.25, -0.2) is 4.98 Å². The molecule has 4 nitrogen and oxygen atoms in total. The number of piperidine rings is 1. The van der Waals surface area contributed by atoms with Crippen LogP contribution in [0.3, 0.4) is 0 Å². The van der Waals surface area contributed by atoms with Gasteiger partial charge in [0.15, 0.2) is 0 Å². The Hall–Kier alpha value is -1.43. The van der Waals surface area contributed by atoms with Crippen molar-refractivity contribution in [2.75, 3.05) is 13.1 Å². The Bertz CT molecular complexity index is 708. The van der Waals surface area contributed by atoms with Crippen LogP contribution in [0.15, 0.2) is 24.3 Å². The number of hydrogen-bond acceptors (Lipinski definition) is 4. The van der Waals surface area contributed by atoms with Gasteiger partial charge in [0, 0.05) is 22.0 Å². The fourth-order valence-corrected chi connectivity index (χ4v) is 4.02. The number of thiazole rings is 1. The summed E-state index contributed by atoms with van der Waals surface area (Å²) in [7, 11) is 0. The van der Waals surface area contributed by atoms with Gasteiger partial charge in [0.2, 0.25) is 5.91 Å². The van der Waals surface area contributed by atoms with Crippen molar-refractivity contribution in [3.8, 4) is 11.3 Å². The van der Waals surface area contributed by atoms with E-state index in [1.807, 2.05) is 31.2 Å². The van der Waals surface area contributed by atoms with Gasteiger partial charge in [-0.15, -0.1) is 11.3 Å². The number of aromatic nitrogens is 1. The molecule has 1 aliphatic rings. The summed E-state index contributed by atoms with van der Waals surface area (Å²) in [5.41, 5.74) is 2.02. The van der Waals surface area contributed by atoms with Gasteiger partial charge in [-0.3, -0.25) is 4.79 Å². The summed E-state index contributed by atoms with van der Waals surface area (Å²) in [6, 6.07) is 7.62. The van der Waals surface area contributed by atoms with Crippen LogP contribution in [-0.2, 0) is 4.79 Å². The Morgan fingerprint density at radius 2 is 2.17 bits per heavy atom. The molecule has 2 atom stereocenters. The maximum Gasteiger partial charge on any atom is 0.224 e. The fraction of sp³-hybridized carbons (Fsp3) is 0.444. The molecule has 2 aromatic rings. The number of halogens is 1. The van der Waals surface area contributed by atoms with E-state index >= 15 is 0 Å². The fourth-order valence-electron chi connectivity index (χ4n) is 2.95. The number of aryl methyl sites for hydroxylation is 1. The summed E-state index contributed by atoms with van der Waals surface area (Å²) in [4.78, 5) is 18.3. The number of nitrogens with one attached hydrogen (secondary N) is 2. The molecule has 0 spiro atoms. The van der Waals surface area contributed by atoms with Gasteiger partial charge < -0.3 is 10.6 Å². The lowest BCUT2D eigenvalue weighted by atomic mass is 9.98. The average molecular weight is 364 g/mol. The minimum absolute atomic E-state index is 0.0676. The standard InChI is InChI=1S/C18H22ClN3OS/c1-11(21-17(23)14-4-3-9-20-10-14)18-22-16(12(2)24-18)13-5-7-15(19)8-6-13/h5-8,11,14,20H,3-4,9-10H2,1-2H3,(H,21,23). The molecule has 0 radical (unpaired) electrons. The number of benzene rings is 1. The first kappa shape index (κ1) is 17.4. The first-order chi connectivity index (χ1) is 11.5. The minimum atomic E-state index is -0.0795. The van der Waals surface area contributed by atoms with Crippen molar-refractivity contribution in [1.82, 2.24) is 15.6 Å². The third-order valence-corrected chi connectivity index (χ3v) is 5.73. The summed E-state index contributed by atoms with van der Waals surface area (Å²) in [6.45, 7) is 5.84. The predicted octanol–water partition coefficient (Wildman–Crippen LogP) is 3.95. The van der Waals surface area contributed by atoms with Crippen molar-refractivity contribution >= 4 is 28.8 Å². The summed E-state index contributed by atoms with van der Waals surface area (Å²) >= 11 is 7.59. The first-order valence-electron chi connectivity index (χ1n) is 8.29. The van der Waals surface area contributed by atoms with E-state index in [4.69, 9.17) is 16.6 Å². The van der Waals surface area contributed by atoms with Crippen LogP contribution >= 0.6 is 22.9 Å². The smallest absolute Gasteiger partial charge is 0.224 e. The van der Waals surface area contributed by atoms with Crippen LogP contribution in [0.1, 0.15) is 35.7 Å². The molecule has 1 aliphatic heterocycles. The summed E-state index contributed by atoms with van der Waals surface area (Å²) in [5.74, 6) is 0.189. The first-order valence-corrected chi connectivity index (χ1v) is 9.48. The summed E-state index contributed by atoms with van der Waals surface area (Å²) in [5, 5.41) is 8.05. The second-order valence-corrected chi connectivity index (χ2v) is 7.91. The van der Waals surface area contributed by atoms with E-state index in [2.05, 4.69) is 17.6 Å². The molecule has 1 amide bonds. The van der Waals surface area contributed by atoms with Crippen molar-refractivity contribution in [3.05, 3.63) is 39.2 Å². The molecular weight excluding hydrogens is 342 g/mol. The van der Waals surface area contributed by atoms with Crippen LogP contribution in [0.25, 0.3) is 11.3 Å². The predicted molar refractivity (Wildman–Crippen MR) is 99.4 cm³/mol. The lowest BCUT2D eigenvalue weighted by molar-refractivity contribution is -0.126. The van der Waals surface area contributed by atoms with E-state index in [1.165, 1.54) is 0 Å². The molecule has 3 rings (SSSR count). The van der Waals surface area contributed by atoms with Crippen molar-refractivity contribution in [2.45, 2.75) is 32.7 Å². The Labute approximate surface area is 151 Å². The zero-order valence-corrected chi connectivity index (χ0v) is 15.5. The monoisotopic (exact) mass is 363 g/mol. The van der Waals surface area contributed by atoms with Crippen molar-refractivity contribution in [1.29, 1.82) is 0 Å². The minimum Gasteiger partial charge on any atom is -0.347 e. The van der Waals surface area contributed by atoms with Crippen molar-refractivity contribution < 1.29 is 4.79 Å². The van der Waals surface area contributed by atoms with Gasteiger partial charge in [0.1, 0.15) is 5.01 Å². The van der Waals surface area contributed by atoms with Gasteiger partial charge in [-0.2, -0.15) is 0 Å². The Kier molecular flexibility index (Phi) is 5.54. The summed E-state index contributed by atoms with van der Waals surface area (Å²) < 4.78 is 0. The molecule has 2 N–H and O–H groups in total. The highest BCUT2D eigenvalue weighted by Crippen LogP contribution is 2.31. The van der Waals surface area contributed by atoms with Gasteiger partial charge in [0.05, 0.1) is 17.7 Å². The second kappa shape index (κ2) is 7.64. The highest BCUT2D eigenvalue weighted by molar-refractivity contribution is 7.12. The number of amides is 1. The number of rotatable bonds is 4. The largest absolute Gasteiger partial charge is 0.347 e. The molecular formula is C18H22ClN3OS. The van der Waals surface area contributed by atoms with Gasteiger partial charge in [0.25, 0.3) is 0 Å². The van der Waals surface area contributed by atoms with Gasteiger partial charge in [-0.1, -0.05) is 23.7 Å². The highest BCUT2D eigenvalue weighted by Gasteiger charge is 2.24. The quantitative estimate of drug-likeness (QED) is 0.864. The molecule has 0 bridgehead atoms. The molecule has 1 saturated heterocycles. The third kappa shape index (κ3) is 3.97. The number of carbonyl (C=O) groups is 1. The van der Waals surface area contributed by atoms with Crippen LogP contribution in [-0.4, -0.2) is 24.0 Å². The lowest BCUT2D eigenvalue weighted by Gasteiger charge is -2.23. The number of carbonyl (C=O) groups excluding carboxylic acids is 1. The molecule has 128 valence electrons. The number of hydrogen-bond donors (Lipinski definition) is 2. The van der Waals surface area contributed by atoms with E-state index in [0.717, 1.165) is 47.1 Å². The molecule has 1 fully saturated rings. The topological polar surface area (TPSA) is 54.0 Å². The van der Waals surface area contributed by atoms with E-state index in [1.54, 1.807) is 11.3 Å². The van der Waals surface area contributed by atoms with Crippen LogP contribution in [0.2, 0.25) is 5.02 Å². The van der Waals surface area contributed by atoms with E-state index in [-0.39, 0.29) is 17.9 Å². The average Bonchev–Trinajstić information content (AvgIpc) is 2.98. The van der Waals surface area contributed by atoms with Crippen LogP contribution < -0.4 is 10.6 Å². The van der Waals surface area contributed by atoms with E-state index in [9.17, 15) is 4.79 Å². The van der Waals surface area contributed by atoms with Crippen molar-refractivity contribution in [2.24, 2.45) is 5.92 Å². The highest BCUT2D eigenvalue weighted by atomic mass is 35.5. The molecule has 0 saturated carbocycles. The van der Waals surface area contributed by atoms with E-state index in [0.29, 0.717) is 5.02 Å². The second-order valence-electron chi connectivity index (χ2n) is 6.24. The molecule has 0 aliphatic carbocycles. The van der Waals surface area contributed by atoms with E-state index < -0.39 is 0 Å². The van der Waals surface area contributed by atoms with Crippen molar-refractivity contribution in [3.63, 3.8) is 0 Å². The van der Waals surface area contributed by atoms with Gasteiger partial charge >= 0.3 is 0 Å². The molecule has 24 heavy (non-hydrogen) atoms. The molecule has 1 aromatic heterocycles. The normalized spacial score (nSPS) is 19.0. The molecule has 1 aromatic carbocycles. The zero-order chi connectivity index (χ0) is 17.1. The maximum atomic E-state index is 12.4. The Morgan fingerprint density at radius 1 is 1.42 bits per heavy atom.